The highest BCUT2D eigenvalue weighted by molar-refractivity contribution is 5.93. The molecule has 0 aliphatic rings. The molecule has 0 aromatic rings. The van der Waals surface area contributed by atoms with Crippen molar-refractivity contribution in [1.82, 2.24) is 0 Å². The number of aliphatic carboxylic acids is 2. The first-order valence-electron chi connectivity index (χ1n) is 4.10. The Morgan fingerprint density at radius 3 is 2.08 bits per heavy atom. The first-order valence-corrected chi connectivity index (χ1v) is 4.10. The van der Waals surface area contributed by atoms with Gasteiger partial charge in [0.25, 0.3) is 0 Å². The van der Waals surface area contributed by atoms with E-state index >= 15 is 0 Å². The standard InChI is InChI=1S/C8H13FO4/c1-2-3-4-5(9)6(7(10)11)8(12)13/h5-6H,2-4H2,1H3,(H,10,11)(H,12,13). The summed E-state index contributed by atoms with van der Waals surface area (Å²) < 4.78 is 13.0. The molecule has 0 bridgehead atoms. The summed E-state index contributed by atoms with van der Waals surface area (Å²) in [4.78, 5) is 20.6. The van der Waals surface area contributed by atoms with Gasteiger partial charge in [-0.25, -0.2) is 4.39 Å². The van der Waals surface area contributed by atoms with Crippen molar-refractivity contribution in [3.63, 3.8) is 0 Å². The van der Waals surface area contributed by atoms with Gasteiger partial charge in [-0.2, -0.15) is 0 Å². The van der Waals surface area contributed by atoms with E-state index < -0.39 is 24.0 Å². The van der Waals surface area contributed by atoms with Crippen molar-refractivity contribution in [3.8, 4) is 0 Å². The molecule has 76 valence electrons. The number of halogens is 1. The lowest BCUT2D eigenvalue weighted by atomic mass is 9.99. The number of carboxylic acid groups (broad SMARTS) is 2. The van der Waals surface area contributed by atoms with Crippen LogP contribution in [-0.4, -0.2) is 28.3 Å². The molecule has 0 radical (unpaired) electrons. The highest BCUT2D eigenvalue weighted by Gasteiger charge is 2.34. The molecule has 1 unspecified atom stereocenters. The van der Waals surface area contributed by atoms with Gasteiger partial charge in [0.1, 0.15) is 6.17 Å². The molecule has 0 saturated heterocycles. The summed E-state index contributed by atoms with van der Waals surface area (Å²) >= 11 is 0. The second-order valence-electron chi connectivity index (χ2n) is 2.81. The summed E-state index contributed by atoms with van der Waals surface area (Å²) in [5, 5.41) is 16.8. The topological polar surface area (TPSA) is 74.6 Å². The summed E-state index contributed by atoms with van der Waals surface area (Å²) in [7, 11) is 0. The lowest BCUT2D eigenvalue weighted by molar-refractivity contribution is -0.157. The lowest BCUT2D eigenvalue weighted by Crippen LogP contribution is -2.32. The number of hydrogen-bond acceptors (Lipinski definition) is 2. The van der Waals surface area contributed by atoms with Crippen LogP contribution in [0.25, 0.3) is 0 Å². The molecule has 0 heterocycles. The minimum absolute atomic E-state index is 0.0141. The highest BCUT2D eigenvalue weighted by atomic mass is 19.1. The first kappa shape index (κ1) is 11.9. The predicted molar refractivity (Wildman–Crippen MR) is 43.2 cm³/mol. The molecule has 0 spiro atoms. The zero-order valence-electron chi connectivity index (χ0n) is 7.36. The Labute approximate surface area is 75.4 Å². The molecule has 0 rings (SSSR count). The lowest BCUT2D eigenvalue weighted by Gasteiger charge is -2.11. The van der Waals surface area contributed by atoms with E-state index in [0.717, 1.165) is 0 Å². The van der Waals surface area contributed by atoms with Crippen LogP contribution in [-0.2, 0) is 9.59 Å². The van der Waals surface area contributed by atoms with Crippen molar-refractivity contribution in [1.29, 1.82) is 0 Å². The van der Waals surface area contributed by atoms with Crippen LogP contribution in [0.2, 0.25) is 0 Å². The van der Waals surface area contributed by atoms with Crippen LogP contribution in [0.3, 0.4) is 0 Å². The Morgan fingerprint density at radius 2 is 1.77 bits per heavy atom. The second kappa shape index (κ2) is 5.50. The van der Waals surface area contributed by atoms with Crippen molar-refractivity contribution in [2.24, 2.45) is 5.92 Å². The maximum Gasteiger partial charge on any atom is 0.320 e. The number of carbonyl (C=O) groups is 2. The Morgan fingerprint density at radius 1 is 1.31 bits per heavy atom. The second-order valence-corrected chi connectivity index (χ2v) is 2.81. The van der Waals surface area contributed by atoms with Gasteiger partial charge in [0, 0.05) is 0 Å². The van der Waals surface area contributed by atoms with Gasteiger partial charge in [0.2, 0.25) is 0 Å². The van der Waals surface area contributed by atoms with E-state index in [1.54, 1.807) is 0 Å². The number of carboxylic acids is 2. The van der Waals surface area contributed by atoms with Crippen molar-refractivity contribution < 1.29 is 24.2 Å². The van der Waals surface area contributed by atoms with Crippen LogP contribution in [0.15, 0.2) is 0 Å². The van der Waals surface area contributed by atoms with Crippen molar-refractivity contribution in [2.75, 3.05) is 0 Å². The zero-order valence-corrected chi connectivity index (χ0v) is 7.36. The Hall–Kier alpha value is -1.13. The van der Waals surface area contributed by atoms with E-state index in [0.29, 0.717) is 12.8 Å². The third-order valence-corrected chi connectivity index (χ3v) is 1.73. The zero-order chi connectivity index (χ0) is 10.4. The molecule has 0 aromatic carbocycles. The molecule has 13 heavy (non-hydrogen) atoms. The average Bonchev–Trinajstić information content (AvgIpc) is 1.99. The summed E-state index contributed by atoms with van der Waals surface area (Å²) in [6, 6.07) is 0. The normalized spacial score (nSPS) is 12.8. The van der Waals surface area contributed by atoms with Gasteiger partial charge in [-0.3, -0.25) is 9.59 Å². The molecule has 2 N–H and O–H groups in total. The minimum atomic E-state index is -1.92. The van der Waals surface area contributed by atoms with Gasteiger partial charge in [-0.15, -0.1) is 0 Å². The fourth-order valence-electron chi connectivity index (χ4n) is 0.981. The van der Waals surface area contributed by atoms with Crippen molar-refractivity contribution in [2.45, 2.75) is 32.4 Å². The quantitative estimate of drug-likeness (QED) is 0.622. The average molecular weight is 192 g/mol. The minimum Gasteiger partial charge on any atom is -0.481 e. The van der Waals surface area contributed by atoms with Crippen molar-refractivity contribution in [3.05, 3.63) is 0 Å². The van der Waals surface area contributed by atoms with E-state index in [1.165, 1.54) is 0 Å². The number of hydrogen-bond donors (Lipinski definition) is 2. The molecular formula is C8H13FO4. The van der Waals surface area contributed by atoms with Crippen LogP contribution in [0.4, 0.5) is 4.39 Å². The smallest absolute Gasteiger partial charge is 0.320 e. The van der Waals surface area contributed by atoms with E-state index in [-0.39, 0.29) is 6.42 Å². The fourth-order valence-corrected chi connectivity index (χ4v) is 0.981. The van der Waals surface area contributed by atoms with Gasteiger partial charge in [0.05, 0.1) is 0 Å². The first-order chi connectivity index (χ1) is 6.00. The third kappa shape index (κ3) is 3.87. The number of rotatable bonds is 6. The van der Waals surface area contributed by atoms with Gasteiger partial charge < -0.3 is 10.2 Å². The maximum absolute atomic E-state index is 13.0. The van der Waals surface area contributed by atoms with Gasteiger partial charge in [-0.05, 0) is 6.42 Å². The fraction of sp³-hybridized carbons (Fsp3) is 0.750. The van der Waals surface area contributed by atoms with Crippen LogP contribution in [0, 0.1) is 5.92 Å². The molecule has 0 aromatic heterocycles. The number of alkyl halides is 1. The molecular weight excluding hydrogens is 179 g/mol. The van der Waals surface area contributed by atoms with Crippen LogP contribution >= 0.6 is 0 Å². The summed E-state index contributed by atoms with van der Waals surface area (Å²) in [6.07, 6.45) is -0.598. The van der Waals surface area contributed by atoms with Crippen LogP contribution in [0.1, 0.15) is 26.2 Å². The summed E-state index contributed by atoms with van der Waals surface area (Å²) in [5.74, 6) is -5.15. The third-order valence-electron chi connectivity index (χ3n) is 1.73. The van der Waals surface area contributed by atoms with E-state index in [2.05, 4.69) is 0 Å². The number of unbranched alkanes of at least 4 members (excludes halogenated alkanes) is 1. The SMILES string of the molecule is CCCCC(F)C(C(=O)O)C(=O)O. The monoisotopic (exact) mass is 192 g/mol. The molecule has 1 atom stereocenters. The van der Waals surface area contributed by atoms with E-state index in [9.17, 15) is 14.0 Å². The molecule has 5 heteroatoms. The summed E-state index contributed by atoms with van der Waals surface area (Å²) in [5.41, 5.74) is 0. The molecule has 0 saturated carbocycles. The Balaban J connectivity index is 4.20. The Kier molecular flexibility index (Phi) is 5.03. The van der Waals surface area contributed by atoms with E-state index in [4.69, 9.17) is 10.2 Å². The maximum atomic E-state index is 13.0. The predicted octanol–water partition coefficient (Wildman–Crippen LogP) is 1.30. The van der Waals surface area contributed by atoms with Crippen molar-refractivity contribution >= 4 is 11.9 Å². The molecule has 0 aliphatic heterocycles. The summed E-state index contributed by atoms with van der Waals surface area (Å²) in [6.45, 7) is 1.82. The molecule has 0 fully saturated rings. The van der Waals surface area contributed by atoms with Crippen LogP contribution < -0.4 is 0 Å². The molecule has 4 nitrogen and oxygen atoms in total. The highest BCUT2D eigenvalue weighted by Crippen LogP contribution is 2.15. The van der Waals surface area contributed by atoms with Gasteiger partial charge >= 0.3 is 11.9 Å². The van der Waals surface area contributed by atoms with Crippen LogP contribution in [0.5, 0.6) is 0 Å². The van der Waals surface area contributed by atoms with E-state index in [1.807, 2.05) is 6.92 Å². The Bertz CT molecular complexity index is 179. The van der Waals surface area contributed by atoms with Gasteiger partial charge in [0.15, 0.2) is 5.92 Å². The largest absolute Gasteiger partial charge is 0.481 e. The van der Waals surface area contributed by atoms with Gasteiger partial charge in [-0.1, -0.05) is 19.8 Å². The molecule has 0 aliphatic carbocycles. The molecule has 0 amide bonds.